The summed E-state index contributed by atoms with van der Waals surface area (Å²) in [5, 5.41) is 14.8. The van der Waals surface area contributed by atoms with Crippen LogP contribution in [0.15, 0.2) is 12.4 Å². The standard InChI is InChI=1S/C9H13N5/c1-7(11-2)5-12-9-3-8(4-10)13-6-14-9/h3,6-7,11H,5H2,1-2H3,(H,12,13,14). The highest BCUT2D eigenvalue weighted by Gasteiger charge is 1.99. The topological polar surface area (TPSA) is 73.6 Å². The Labute approximate surface area is 83.2 Å². The van der Waals surface area contributed by atoms with Gasteiger partial charge >= 0.3 is 0 Å². The molecule has 0 radical (unpaired) electrons. The van der Waals surface area contributed by atoms with Crippen molar-refractivity contribution in [3.63, 3.8) is 0 Å². The van der Waals surface area contributed by atoms with Crippen molar-refractivity contribution in [2.45, 2.75) is 13.0 Å². The van der Waals surface area contributed by atoms with Gasteiger partial charge in [-0.05, 0) is 14.0 Å². The number of hydrogen-bond donors (Lipinski definition) is 2. The summed E-state index contributed by atoms with van der Waals surface area (Å²) >= 11 is 0. The molecule has 5 heteroatoms. The van der Waals surface area contributed by atoms with E-state index in [0.29, 0.717) is 17.6 Å². The van der Waals surface area contributed by atoms with Crippen LogP contribution >= 0.6 is 0 Å². The molecule has 14 heavy (non-hydrogen) atoms. The maximum atomic E-state index is 8.61. The van der Waals surface area contributed by atoms with Crippen molar-refractivity contribution in [3.05, 3.63) is 18.1 Å². The Morgan fingerprint density at radius 1 is 1.57 bits per heavy atom. The predicted molar refractivity (Wildman–Crippen MR) is 53.8 cm³/mol. The van der Waals surface area contributed by atoms with Crippen LogP contribution in [0.4, 0.5) is 5.82 Å². The van der Waals surface area contributed by atoms with Crippen molar-refractivity contribution in [3.8, 4) is 6.07 Å². The van der Waals surface area contributed by atoms with Crippen LogP contribution in [0.25, 0.3) is 0 Å². The fourth-order valence-corrected chi connectivity index (χ4v) is 0.875. The monoisotopic (exact) mass is 191 g/mol. The molecule has 1 aromatic rings. The van der Waals surface area contributed by atoms with Crippen molar-refractivity contribution in [2.24, 2.45) is 0 Å². The molecule has 0 bridgehead atoms. The average Bonchev–Trinajstić information content (AvgIpc) is 2.26. The Bertz CT molecular complexity index is 330. The van der Waals surface area contributed by atoms with E-state index in [0.717, 1.165) is 6.54 Å². The molecule has 1 rings (SSSR count). The lowest BCUT2D eigenvalue weighted by atomic mass is 10.3. The third-order valence-electron chi connectivity index (χ3n) is 1.86. The van der Waals surface area contributed by atoms with Crippen LogP contribution in [0.1, 0.15) is 12.6 Å². The van der Waals surface area contributed by atoms with Crippen LogP contribution in [-0.4, -0.2) is 29.6 Å². The van der Waals surface area contributed by atoms with E-state index in [2.05, 4.69) is 27.5 Å². The summed E-state index contributed by atoms with van der Waals surface area (Å²) in [4.78, 5) is 7.77. The number of nitrogens with zero attached hydrogens (tertiary/aromatic N) is 3. The molecule has 0 saturated carbocycles. The highest BCUT2D eigenvalue weighted by atomic mass is 15.0. The summed E-state index contributed by atoms with van der Waals surface area (Å²) in [7, 11) is 1.90. The molecular formula is C9H13N5. The molecule has 1 atom stereocenters. The van der Waals surface area contributed by atoms with Crippen molar-refractivity contribution in [1.82, 2.24) is 15.3 Å². The van der Waals surface area contributed by atoms with Crippen LogP contribution in [0.3, 0.4) is 0 Å². The molecule has 0 aliphatic carbocycles. The predicted octanol–water partition coefficient (Wildman–Crippen LogP) is 0.368. The highest BCUT2D eigenvalue weighted by molar-refractivity contribution is 5.38. The fourth-order valence-electron chi connectivity index (χ4n) is 0.875. The SMILES string of the molecule is CNC(C)CNc1cc(C#N)ncn1. The number of anilines is 1. The van der Waals surface area contributed by atoms with E-state index in [9.17, 15) is 0 Å². The van der Waals surface area contributed by atoms with Gasteiger partial charge in [0.15, 0.2) is 0 Å². The number of rotatable bonds is 4. The van der Waals surface area contributed by atoms with E-state index in [1.807, 2.05) is 13.1 Å². The zero-order valence-corrected chi connectivity index (χ0v) is 8.28. The molecule has 0 aliphatic rings. The third kappa shape index (κ3) is 2.99. The number of aromatic nitrogens is 2. The number of nitriles is 1. The smallest absolute Gasteiger partial charge is 0.145 e. The zero-order valence-electron chi connectivity index (χ0n) is 8.28. The largest absolute Gasteiger partial charge is 0.368 e. The Hall–Kier alpha value is -1.67. The third-order valence-corrected chi connectivity index (χ3v) is 1.86. The summed E-state index contributed by atoms with van der Waals surface area (Å²) < 4.78 is 0. The van der Waals surface area contributed by atoms with E-state index in [-0.39, 0.29) is 0 Å². The van der Waals surface area contributed by atoms with Crippen LogP contribution < -0.4 is 10.6 Å². The molecule has 0 saturated heterocycles. The van der Waals surface area contributed by atoms with Crippen molar-refractivity contribution < 1.29 is 0 Å². The van der Waals surface area contributed by atoms with E-state index in [4.69, 9.17) is 5.26 Å². The molecule has 1 aromatic heterocycles. The fraction of sp³-hybridized carbons (Fsp3) is 0.444. The first-order chi connectivity index (χ1) is 6.76. The van der Waals surface area contributed by atoms with Gasteiger partial charge in [0, 0.05) is 18.7 Å². The molecule has 1 heterocycles. The first-order valence-electron chi connectivity index (χ1n) is 4.39. The zero-order chi connectivity index (χ0) is 10.4. The normalized spacial score (nSPS) is 11.8. The number of hydrogen-bond acceptors (Lipinski definition) is 5. The Morgan fingerprint density at radius 3 is 3.00 bits per heavy atom. The molecule has 0 spiro atoms. The average molecular weight is 191 g/mol. The summed E-state index contributed by atoms with van der Waals surface area (Å²) in [6.45, 7) is 2.82. The maximum Gasteiger partial charge on any atom is 0.145 e. The van der Waals surface area contributed by atoms with Gasteiger partial charge in [0.25, 0.3) is 0 Å². The maximum absolute atomic E-state index is 8.61. The summed E-state index contributed by atoms with van der Waals surface area (Å²) in [6.07, 6.45) is 1.38. The second-order valence-electron chi connectivity index (χ2n) is 2.97. The Kier molecular flexibility index (Phi) is 3.83. The number of likely N-dealkylation sites (N-methyl/N-ethyl adjacent to an activating group) is 1. The number of nitrogens with one attached hydrogen (secondary N) is 2. The molecule has 2 N–H and O–H groups in total. The van der Waals surface area contributed by atoms with Gasteiger partial charge in [0.2, 0.25) is 0 Å². The van der Waals surface area contributed by atoms with Gasteiger partial charge in [-0.3, -0.25) is 0 Å². The van der Waals surface area contributed by atoms with E-state index < -0.39 is 0 Å². The van der Waals surface area contributed by atoms with Crippen LogP contribution in [0, 0.1) is 11.3 Å². The van der Waals surface area contributed by atoms with Crippen molar-refractivity contribution in [2.75, 3.05) is 18.9 Å². The molecule has 0 aromatic carbocycles. The van der Waals surface area contributed by atoms with Gasteiger partial charge < -0.3 is 10.6 Å². The Morgan fingerprint density at radius 2 is 2.36 bits per heavy atom. The quantitative estimate of drug-likeness (QED) is 0.719. The highest BCUT2D eigenvalue weighted by Crippen LogP contribution is 2.02. The lowest BCUT2D eigenvalue weighted by Gasteiger charge is -2.11. The minimum absolute atomic E-state index is 0.357. The molecule has 74 valence electrons. The molecule has 0 aliphatic heterocycles. The van der Waals surface area contributed by atoms with Gasteiger partial charge in [0.05, 0.1) is 0 Å². The van der Waals surface area contributed by atoms with Gasteiger partial charge in [0.1, 0.15) is 23.9 Å². The van der Waals surface area contributed by atoms with E-state index in [1.165, 1.54) is 6.33 Å². The lowest BCUT2D eigenvalue weighted by Crippen LogP contribution is -2.29. The molecule has 5 nitrogen and oxygen atoms in total. The summed E-state index contributed by atoms with van der Waals surface area (Å²) in [5.41, 5.74) is 0.375. The molecule has 0 amide bonds. The lowest BCUT2D eigenvalue weighted by molar-refractivity contribution is 0.637. The van der Waals surface area contributed by atoms with Crippen molar-refractivity contribution >= 4 is 5.82 Å². The van der Waals surface area contributed by atoms with Crippen LogP contribution in [0.2, 0.25) is 0 Å². The van der Waals surface area contributed by atoms with Crippen LogP contribution in [-0.2, 0) is 0 Å². The second kappa shape index (κ2) is 5.14. The first kappa shape index (κ1) is 10.4. The Balaban J connectivity index is 2.55. The first-order valence-corrected chi connectivity index (χ1v) is 4.39. The van der Waals surface area contributed by atoms with Gasteiger partial charge in [-0.15, -0.1) is 0 Å². The summed E-state index contributed by atoms with van der Waals surface area (Å²) in [5.74, 6) is 0.679. The second-order valence-corrected chi connectivity index (χ2v) is 2.97. The van der Waals surface area contributed by atoms with E-state index in [1.54, 1.807) is 6.07 Å². The molecule has 1 unspecified atom stereocenters. The minimum atomic E-state index is 0.357. The van der Waals surface area contributed by atoms with E-state index >= 15 is 0 Å². The summed E-state index contributed by atoms with van der Waals surface area (Å²) in [6, 6.07) is 3.95. The van der Waals surface area contributed by atoms with Crippen molar-refractivity contribution in [1.29, 1.82) is 5.26 Å². The van der Waals surface area contributed by atoms with Crippen LogP contribution in [0.5, 0.6) is 0 Å². The minimum Gasteiger partial charge on any atom is -0.368 e. The van der Waals surface area contributed by atoms with Gasteiger partial charge in [-0.25, -0.2) is 9.97 Å². The van der Waals surface area contributed by atoms with Gasteiger partial charge in [-0.2, -0.15) is 5.26 Å². The molecule has 0 fully saturated rings. The molecular weight excluding hydrogens is 178 g/mol. The van der Waals surface area contributed by atoms with Gasteiger partial charge in [-0.1, -0.05) is 0 Å².